The summed E-state index contributed by atoms with van der Waals surface area (Å²) in [5, 5.41) is 7.17. The highest BCUT2D eigenvalue weighted by Crippen LogP contribution is 2.25. The van der Waals surface area contributed by atoms with Gasteiger partial charge in [-0.3, -0.25) is 9.67 Å². The first-order valence-corrected chi connectivity index (χ1v) is 6.51. The molecule has 1 N–H and O–H groups in total. The molecule has 0 saturated heterocycles. The van der Waals surface area contributed by atoms with E-state index in [2.05, 4.69) is 58.8 Å². The first-order valence-electron chi connectivity index (χ1n) is 5.03. The molecule has 1 heterocycles. The highest BCUT2D eigenvalue weighted by atomic mass is 127. The lowest BCUT2D eigenvalue weighted by molar-refractivity contribution is 0.597. The van der Waals surface area contributed by atoms with E-state index in [9.17, 15) is 0 Å². The summed E-state index contributed by atoms with van der Waals surface area (Å²) in [6, 6.07) is 8.47. The summed E-state index contributed by atoms with van der Waals surface area (Å²) in [4.78, 5) is 0. The zero-order chi connectivity index (χ0) is 11.7. The molecule has 0 bridgehead atoms. The maximum Gasteiger partial charge on any atom is 0.195 e. The van der Waals surface area contributed by atoms with E-state index < -0.39 is 0 Å². The fourth-order valence-corrected chi connectivity index (χ4v) is 2.59. The number of nitrogens with zero attached hydrogens (tertiary/aromatic N) is 2. The monoisotopic (exact) mass is 345 g/mol. The van der Waals surface area contributed by atoms with Gasteiger partial charge in [0.1, 0.15) is 0 Å². The van der Waals surface area contributed by atoms with Crippen LogP contribution >= 0.6 is 34.8 Å². The van der Waals surface area contributed by atoms with Gasteiger partial charge >= 0.3 is 0 Å². The van der Waals surface area contributed by atoms with Crippen LogP contribution in [0.4, 0.5) is 0 Å². The van der Waals surface area contributed by atoms with Gasteiger partial charge in [0, 0.05) is 15.2 Å². The molecule has 1 aromatic carbocycles. The van der Waals surface area contributed by atoms with Gasteiger partial charge in [-0.05, 0) is 54.7 Å². The predicted octanol–water partition coefficient (Wildman–Crippen LogP) is 3.79. The molecule has 0 unspecified atom stereocenters. The summed E-state index contributed by atoms with van der Waals surface area (Å²) in [7, 11) is 0. The number of hydrogen-bond donors (Lipinski definition) is 1. The Bertz CT molecular complexity index is 556. The third-order valence-corrected chi connectivity index (χ3v) is 3.56. The maximum absolute atomic E-state index is 5.23. The number of aromatic nitrogens is 3. The minimum absolute atomic E-state index is 0.303. The molecule has 0 aliphatic rings. The number of hydrogen-bond acceptors (Lipinski definition) is 2. The molecule has 0 aliphatic heterocycles. The van der Waals surface area contributed by atoms with Crippen molar-refractivity contribution in [1.82, 2.24) is 14.8 Å². The number of rotatable bonds is 2. The number of aromatic amines is 1. The van der Waals surface area contributed by atoms with Gasteiger partial charge in [0.15, 0.2) is 10.6 Å². The van der Waals surface area contributed by atoms with Crippen LogP contribution in [-0.4, -0.2) is 14.8 Å². The molecule has 2 aromatic rings. The molecule has 3 nitrogen and oxygen atoms in total. The van der Waals surface area contributed by atoms with Crippen LogP contribution in [0, 0.1) is 8.34 Å². The van der Waals surface area contributed by atoms with Crippen LogP contribution in [0.15, 0.2) is 24.3 Å². The quantitative estimate of drug-likeness (QED) is 0.664. The van der Waals surface area contributed by atoms with Crippen molar-refractivity contribution in [3.8, 4) is 11.4 Å². The van der Waals surface area contributed by atoms with Gasteiger partial charge in [-0.1, -0.05) is 18.2 Å². The van der Waals surface area contributed by atoms with Crippen molar-refractivity contribution >= 4 is 34.8 Å². The van der Waals surface area contributed by atoms with Crippen LogP contribution in [-0.2, 0) is 0 Å². The SMILES string of the molecule is CC(C)n1c(-c2ccccc2I)n[nH]c1=S. The van der Waals surface area contributed by atoms with Crippen LogP contribution in [0.3, 0.4) is 0 Å². The van der Waals surface area contributed by atoms with Crippen molar-refractivity contribution in [2.75, 3.05) is 0 Å². The summed E-state index contributed by atoms with van der Waals surface area (Å²) >= 11 is 7.55. The smallest absolute Gasteiger partial charge is 0.195 e. The largest absolute Gasteiger partial charge is 0.298 e. The second-order valence-corrected chi connectivity index (χ2v) is 5.34. The molecular formula is C11H12IN3S. The third-order valence-electron chi connectivity index (χ3n) is 2.34. The molecule has 0 radical (unpaired) electrons. The highest BCUT2D eigenvalue weighted by molar-refractivity contribution is 14.1. The molecule has 0 amide bonds. The first-order chi connectivity index (χ1) is 7.61. The van der Waals surface area contributed by atoms with Gasteiger partial charge in [-0.15, -0.1) is 0 Å². The lowest BCUT2D eigenvalue weighted by Gasteiger charge is -2.11. The van der Waals surface area contributed by atoms with E-state index in [1.165, 1.54) is 3.57 Å². The number of benzene rings is 1. The van der Waals surface area contributed by atoms with Gasteiger partial charge in [-0.25, -0.2) is 0 Å². The van der Waals surface area contributed by atoms with Crippen molar-refractivity contribution < 1.29 is 0 Å². The minimum atomic E-state index is 0.303. The minimum Gasteiger partial charge on any atom is -0.298 e. The van der Waals surface area contributed by atoms with E-state index in [4.69, 9.17) is 12.2 Å². The zero-order valence-electron chi connectivity index (χ0n) is 9.07. The number of H-pyrrole nitrogens is 1. The predicted molar refractivity (Wildman–Crippen MR) is 75.9 cm³/mol. The van der Waals surface area contributed by atoms with Crippen LogP contribution < -0.4 is 0 Å². The van der Waals surface area contributed by atoms with Crippen molar-refractivity contribution in [2.24, 2.45) is 0 Å². The van der Waals surface area contributed by atoms with Crippen molar-refractivity contribution in [3.63, 3.8) is 0 Å². The standard InChI is InChI=1S/C11H12IN3S/c1-7(2)15-10(13-14-11(15)16)8-5-3-4-6-9(8)12/h3-7H,1-2H3,(H,14,16). The lowest BCUT2D eigenvalue weighted by Crippen LogP contribution is -2.03. The molecule has 2 rings (SSSR count). The van der Waals surface area contributed by atoms with E-state index in [1.54, 1.807) is 0 Å². The Morgan fingerprint density at radius 3 is 2.69 bits per heavy atom. The van der Waals surface area contributed by atoms with Crippen LogP contribution in [0.1, 0.15) is 19.9 Å². The molecule has 0 aliphatic carbocycles. The van der Waals surface area contributed by atoms with Crippen molar-refractivity contribution in [1.29, 1.82) is 0 Å². The van der Waals surface area contributed by atoms with E-state index in [0.29, 0.717) is 10.8 Å². The molecule has 1 aromatic heterocycles. The highest BCUT2D eigenvalue weighted by Gasteiger charge is 2.13. The summed E-state index contributed by atoms with van der Waals surface area (Å²) < 4.78 is 3.88. The second kappa shape index (κ2) is 4.67. The zero-order valence-corrected chi connectivity index (χ0v) is 12.0. The summed E-state index contributed by atoms with van der Waals surface area (Å²) in [5.74, 6) is 0.907. The Kier molecular flexibility index (Phi) is 3.44. The van der Waals surface area contributed by atoms with Crippen LogP contribution in [0.5, 0.6) is 0 Å². The summed E-state index contributed by atoms with van der Waals surface area (Å²) in [6.07, 6.45) is 0. The third kappa shape index (κ3) is 2.06. The Morgan fingerprint density at radius 1 is 1.38 bits per heavy atom. The average molecular weight is 345 g/mol. The lowest BCUT2D eigenvalue weighted by atomic mass is 10.2. The van der Waals surface area contributed by atoms with E-state index in [0.717, 1.165) is 11.4 Å². The average Bonchev–Trinajstić information content (AvgIpc) is 2.61. The van der Waals surface area contributed by atoms with E-state index >= 15 is 0 Å². The Hall–Kier alpha value is -0.690. The van der Waals surface area contributed by atoms with Gasteiger partial charge in [-0.2, -0.15) is 5.10 Å². The van der Waals surface area contributed by atoms with Gasteiger partial charge in [0.25, 0.3) is 0 Å². The van der Waals surface area contributed by atoms with Crippen molar-refractivity contribution in [2.45, 2.75) is 19.9 Å². The normalized spacial score (nSPS) is 11.0. The molecular weight excluding hydrogens is 333 g/mol. The maximum atomic E-state index is 5.23. The first kappa shape index (κ1) is 11.8. The molecule has 84 valence electrons. The molecule has 5 heteroatoms. The summed E-state index contributed by atoms with van der Waals surface area (Å²) in [6.45, 7) is 4.20. The van der Waals surface area contributed by atoms with Crippen LogP contribution in [0.25, 0.3) is 11.4 Å². The van der Waals surface area contributed by atoms with E-state index in [1.807, 2.05) is 16.7 Å². The van der Waals surface area contributed by atoms with Gasteiger partial charge < -0.3 is 0 Å². The fraction of sp³-hybridized carbons (Fsp3) is 0.273. The number of halogens is 1. The van der Waals surface area contributed by atoms with Gasteiger partial charge in [0.05, 0.1) is 0 Å². The Labute approximate surface area is 113 Å². The molecule has 0 fully saturated rings. The molecule has 0 saturated carbocycles. The number of nitrogens with one attached hydrogen (secondary N) is 1. The fourth-order valence-electron chi connectivity index (χ4n) is 1.62. The Morgan fingerprint density at radius 2 is 2.06 bits per heavy atom. The molecule has 0 spiro atoms. The van der Waals surface area contributed by atoms with Gasteiger partial charge in [0.2, 0.25) is 0 Å². The van der Waals surface area contributed by atoms with Crippen LogP contribution in [0.2, 0.25) is 0 Å². The summed E-state index contributed by atoms with van der Waals surface area (Å²) in [5.41, 5.74) is 1.11. The van der Waals surface area contributed by atoms with E-state index in [-0.39, 0.29) is 0 Å². The Balaban J connectivity index is 2.66. The topological polar surface area (TPSA) is 33.6 Å². The molecule has 16 heavy (non-hydrogen) atoms. The second-order valence-electron chi connectivity index (χ2n) is 3.80. The molecule has 0 atom stereocenters. The van der Waals surface area contributed by atoms with Crippen molar-refractivity contribution in [3.05, 3.63) is 32.6 Å².